The second kappa shape index (κ2) is 22.3. The van der Waals surface area contributed by atoms with Gasteiger partial charge in [0.1, 0.15) is 60.1 Å². The molecule has 0 bridgehead atoms. The number of nitrogens with one attached hydrogen (secondary N) is 3. The molecule has 4 aromatic carbocycles. The number of phenols is 1. The van der Waals surface area contributed by atoms with Crippen LogP contribution in [0.5, 0.6) is 11.5 Å². The number of hydrogen-bond donors (Lipinski definition) is 4. The minimum Gasteiger partial charge on any atom is -0.507 e. The van der Waals surface area contributed by atoms with E-state index in [1.54, 1.807) is 54.6 Å². The Balaban J connectivity index is 0.000000275. The number of aromatic nitrogens is 4. The van der Waals surface area contributed by atoms with Crippen LogP contribution in [0.3, 0.4) is 0 Å². The van der Waals surface area contributed by atoms with Crippen molar-refractivity contribution in [3.8, 4) is 34.3 Å². The highest BCUT2D eigenvalue weighted by Gasteiger charge is 2.54. The van der Waals surface area contributed by atoms with Gasteiger partial charge in [0.25, 0.3) is 17.0 Å². The van der Waals surface area contributed by atoms with Crippen molar-refractivity contribution in [2.75, 3.05) is 45.4 Å². The van der Waals surface area contributed by atoms with Gasteiger partial charge in [-0.25, -0.2) is 14.8 Å². The van der Waals surface area contributed by atoms with Gasteiger partial charge in [0.15, 0.2) is 0 Å². The first-order valence-electron chi connectivity index (χ1n) is 20.5. The molecule has 16 nitrogen and oxygen atoms in total. The number of benzene rings is 4. The predicted octanol–water partition coefficient (Wildman–Crippen LogP) is 7.70. The number of ether oxygens (including phenoxy) is 4. The molecule has 4 N–H and O–H groups in total. The first kappa shape index (κ1) is 49.0. The highest BCUT2D eigenvalue weighted by molar-refractivity contribution is 8.00. The van der Waals surface area contributed by atoms with Crippen LogP contribution in [0.2, 0.25) is 20.1 Å². The van der Waals surface area contributed by atoms with E-state index in [1.807, 2.05) is 6.92 Å². The summed E-state index contributed by atoms with van der Waals surface area (Å²) in [6, 6.07) is 18.2. The molecule has 0 radical (unpaired) electrons. The number of nitrogens with zero attached hydrogens (tertiary/aromatic N) is 3. The molecule has 8 rings (SSSR count). The van der Waals surface area contributed by atoms with Gasteiger partial charge in [0, 0.05) is 38.0 Å². The maximum Gasteiger partial charge on any atom is 0.355 e. The molecule has 21 heteroatoms. The SMILES string of the molecule is C=CCOC(=O)C1=C(COc2ccc(Cl)cc2-c2nc3ccc(Cl)cc3c(=O)[nH]2)CSC2[C@H](NC(=O)COCCOCCC)C(=O)N12.O=c1[nH]c(-c2cc(Cl)ccc2O)nc2ccc(Cl)cc12. The molecule has 2 aliphatic rings. The largest absolute Gasteiger partial charge is 0.507 e. The van der Waals surface area contributed by atoms with Crippen LogP contribution in [0, 0.1) is 0 Å². The molecular weight excluding hydrogens is 970 g/mol. The van der Waals surface area contributed by atoms with E-state index in [9.17, 15) is 29.1 Å². The number of carbonyl (C=O) groups excluding carboxylic acids is 3. The van der Waals surface area contributed by atoms with Crippen LogP contribution in [0.25, 0.3) is 44.6 Å². The van der Waals surface area contributed by atoms with E-state index < -0.39 is 34.8 Å². The number of aromatic amines is 2. The number of thioether (sulfide) groups is 1. The molecule has 2 aromatic heterocycles. The molecule has 6 aromatic rings. The normalized spacial score (nSPS) is 15.4. The van der Waals surface area contributed by atoms with Crippen molar-refractivity contribution in [2.24, 2.45) is 0 Å². The summed E-state index contributed by atoms with van der Waals surface area (Å²) < 4.78 is 22.2. The third-order valence-electron chi connectivity index (χ3n) is 9.99. The van der Waals surface area contributed by atoms with Gasteiger partial charge in [-0.3, -0.25) is 24.1 Å². The summed E-state index contributed by atoms with van der Waals surface area (Å²) in [6.07, 6.45) is 2.30. The molecule has 2 amide bonds. The van der Waals surface area contributed by atoms with Gasteiger partial charge >= 0.3 is 5.97 Å². The quantitative estimate of drug-likeness (QED) is 0.0317. The number of β-lactam (4-membered cyclic amide) rings is 1. The second-order valence-electron chi connectivity index (χ2n) is 14.7. The number of rotatable bonds is 16. The number of phenolic OH excluding ortho intramolecular Hbond substituents is 1. The lowest BCUT2D eigenvalue weighted by Gasteiger charge is -2.49. The number of fused-ring (bicyclic) bond motifs is 3. The van der Waals surface area contributed by atoms with Gasteiger partial charge in [-0.2, -0.15) is 0 Å². The summed E-state index contributed by atoms with van der Waals surface area (Å²) in [4.78, 5) is 79.5. The lowest BCUT2D eigenvalue weighted by molar-refractivity contribution is -0.153. The van der Waals surface area contributed by atoms with Gasteiger partial charge in [0.2, 0.25) is 5.91 Å². The first-order valence-corrected chi connectivity index (χ1v) is 23.0. The van der Waals surface area contributed by atoms with E-state index in [0.717, 1.165) is 6.42 Å². The minimum atomic E-state index is -0.842. The molecule has 0 saturated carbocycles. The van der Waals surface area contributed by atoms with E-state index in [1.165, 1.54) is 40.9 Å². The van der Waals surface area contributed by atoms with Crippen LogP contribution >= 0.6 is 58.2 Å². The maximum absolute atomic E-state index is 13.3. The van der Waals surface area contributed by atoms with Crippen molar-refractivity contribution in [3.63, 3.8) is 0 Å². The van der Waals surface area contributed by atoms with Gasteiger partial charge in [0.05, 0.1) is 46.1 Å². The van der Waals surface area contributed by atoms with Crippen LogP contribution in [0.4, 0.5) is 0 Å². The van der Waals surface area contributed by atoms with Gasteiger partial charge in [-0.05, 0) is 79.2 Å². The maximum atomic E-state index is 13.3. The molecule has 348 valence electrons. The molecule has 1 saturated heterocycles. The van der Waals surface area contributed by atoms with E-state index in [-0.39, 0.29) is 55.1 Å². The third kappa shape index (κ3) is 11.6. The summed E-state index contributed by atoms with van der Waals surface area (Å²) in [5.41, 5.74) is 1.50. The highest BCUT2D eigenvalue weighted by atomic mass is 35.5. The van der Waals surface area contributed by atoms with Crippen molar-refractivity contribution >= 4 is 97.8 Å². The predicted molar refractivity (Wildman–Crippen MR) is 258 cm³/mol. The summed E-state index contributed by atoms with van der Waals surface area (Å²) in [5, 5.41) is 14.4. The summed E-state index contributed by atoms with van der Waals surface area (Å²) in [5.74, 6) is -0.548. The molecule has 67 heavy (non-hydrogen) atoms. The minimum absolute atomic E-state index is 0.00846. The average Bonchev–Trinajstić information content (AvgIpc) is 3.31. The van der Waals surface area contributed by atoms with Crippen molar-refractivity contribution in [1.82, 2.24) is 30.2 Å². The first-order chi connectivity index (χ1) is 32.3. The van der Waals surface area contributed by atoms with Crippen LogP contribution in [-0.4, -0.2) is 105 Å². The van der Waals surface area contributed by atoms with Gasteiger partial charge < -0.3 is 39.3 Å². The number of hydrogen-bond acceptors (Lipinski definition) is 13. The van der Waals surface area contributed by atoms with Crippen molar-refractivity contribution in [1.29, 1.82) is 0 Å². The summed E-state index contributed by atoms with van der Waals surface area (Å²) in [6.45, 7) is 6.40. The second-order valence-corrected chi connectivity index (χ2v) is 17.6. The summed E-state index contributed by atoms with van der Waals surface area (Å²) >= 11 is 25.5. The fourth-order valence-electron chi connectivity index (χ4n) is 6.88. The van der Waals surface area contributed by atoms with Crippen LogP contribution in [-0.2, 0) is 28.6 Å². The fraction of sp³-hybridized carbons (Fsp3) is 0.239. The number of aromatic hydroxyl groups is 1. The smallest absolute Gasteiger partial charge is 0.355 e. The Morgan fingerprint density at radius 2 is 1.42 bits per heavy atom. The molecule has 1 unspecified atom stereocenters. The lowest BCUT2D eigenvalue weighted by atomic mass is 10.0. The molecule has 0 aliphatic carbocycles. The zero-order chi connectivity index (χ0) is 47.8. The van der Waals surface area contributed by atoms with E-state index in [4.69, 9.17) is 65.4 Å². The molecule has 2 atom stereocenters. The average molecular weight is 1010 g/mol. The molecule has 2 aliphatic heterocycles. The van der Waals surface area contributed by atoms with E-state index in [0.29, 0.717) is 83.3 Å². The van der Waals surface area contributed by atoms with Crippen LogP contribution in [0.15, 0.2) is 106 Å². The van der Waals surface area contributed by atoms with E-state index >= 15 is 0 Å². The Kier molecular flexibility index (Phi) is 16.3. The molecule has 0 spiro atoms. The standard InChI is InChI=1S/C32H32Cl2N4O8S.C14H8Cl2N2O2/c1-3-9-43-11-12-44-16-25(39)36-26-30(41)38-27(32(42)45-10-4-2)18(17-47-31(26)38)15-46-24-8-6-20(34)14-22(24)28-35-23-7-5-19(33)13-21(23)29(40)37-28;15-7-1-3-11-9(5-7)14(20)18-13(17-11)10-6-8(16)2-4-12(10)19/h4-8,13-14,26,31H,2-3,9-12,15-17H2,1H3,(H,36,39)(H,35,37,40);1-6,19H,(H,17,18,20)/t26-,31?;/m1./s1. The number of H-pyrrole nitrogens is 2. The number of carbonyl (C=O) groups is 3. The number of halogens is 4. The Morgan fingerprint density at radius 3 is 2.06 bits per heavy atom. The monoisotopic (exact) mass is 1010 g/mol. The van der Waals surface area contributed by atoms with Crippen LogP contribution < -0.4 is 21.2 Å². The zero-order valence-electron chi connectivity index (χ0n) is 35.4. The summed E-state index contributed by atoms with van der Waals surface area (Å²) in [7, 11) is 0. The molecule has 4 heterocycles. The highest BCUT2D eigenvalue weighted by Crippen LogP contribution is 2.41. The van der Waals surface area contributed by atoms with Gasteiger partial charge in [-0.15, -0.1) is 11.8 Å². The van der Waals surface area contributed by atoms with Crippen LogP contribution in [0.1, 0.15) is 13.3 Å². The molecule has 1 fully saturated rings. The Morgan fingerprint density at radius 1 is 0.836 bits per heavy atom. The molecular formula is C46H40Cl4N6O10S. The lowest BCUT2D eigenvalue weighted by Crippen LogP contribution is -2.71. The topological polar surface area (TPSA) is 215 Å². The Hall–Kier alpha value is -5.92. The number of esters is 1. The Labute approximate surface area is 406 Å². The Bertz CT molecular complexity index is 3040. The third-order valence-corrected chi connectivity index (χ3v) is 12.3. The van der Waals surface area contributed by atoms with Crippen molar-refractivity contribution in [3.05, 3.63) is 138 Å². The van der Waals surface area contributed by atoms with E-state index in [2.05, 4.69) is 31.8 Å². The van der Waals surface area contributed by atoms with Crippen molar-refractivity contribution in [2.45, 2.75) is 24.8 Å². The zero-order valence-corrected chi connectivity index (χ0v) is 39.2. The fourth-order valence-corrected chi connectivity index (χ4v) is 8.90. The number of amides is 2. The van der Waals surface area contributed by atoms with Gasteiger partial charge in [-0.1, -0.05) is 66.0 Å². The van der Waals surface area contributed by atoms with Crippen molar-refractivity contribution < 1.29 is 38.4 Å².